The molecule has 0 fully saturated rings. The molecular weight excluding hydrogens is 305 g/mol. The lowest BCUT2D eigenvalue weighted by Crippen LogP contribution is -2.10. The lowest BCUT2D eigenvalue weighted by atomic mass is 10.3. The van der Waals surface area contributed by atoms with Crippen LogP contribution in [0.2, 0.25) is 10.0 Å². The van der Waals surface area contributed by atoms with Gasteiger partial charge in [-0.25, -0.2) is 4.98 Å². The molecule has 3 rings (SSSR count). The van der Waals surface area contributed by atoms with E-state index in [1.807, 2.05) is 0 Å². The largest absolute Gasteiger partial charge is 0.480 e. The molecule has 0 aliphatic rings. The molecule has 0 saturated carbocycles. The molecule has 102 valence electrons. The third-order valence-electron chi connectivity index (χ3n) is 2.73. The summed E-state index contributed by atoms with van der Waals surface area (Å²) in [7, 11) is 0. The van der Waals surface area contributed by atoms with Crippen LogP contribution in [0.5, 0.6) is 0 Å². The average Bonchev–Trinajstić information content (AvgIpc) is 2.99. The molecule has 0 saturated heterocycles. The quantitative estimate of drug-likeness (QED) is 0.773. The molecule has 0 spiro atoms. The number of nitrogens with one attached hydrogen (secondary N) is 1. The molecule has 3 aromatic rings. The highest BCUT2D eigenvalue weighted by Gasteiger charge is 2.18. The van der Waals surface area contributed by atoms with Gasteiger partial charge >= 0.3 is 5.97 Å². The van der Waals surface area contributed by atoms with E-state index >= 15 is 0 Å². The summed E-state index contributed by atoms with van der Waals surface area (Å²) in [5.74, 6) is -0.616. The van der Waals surface area contributed by atoms with E-state index in [9.17, 15) is 4.79 Å². The number of fused-ring (bicyclic) bond motifs is 1. The number of carbonyl (C=O) groups is 1. The Hall–Kier alpha value is -2.12. The second-order valence-electron chi connectivity index (χ2n) is 4.03. The third kappa shape index (κ3) is 2.10. The van der Waals surface area contributed by atoms with Crippen LogP contribution in [0.15, 0.2) is 18.3 Å². The van der Waals surface area contributed by atoms with Gasteiger partial charge in [-0.1, -0.05) is 23.2 Å². The molecule has 20 heavy (non-hydrogen) atoms. The number of carboxylic acid groups (broad SMARTS) is 1. The second-order valence-corrected chi connectivity index (χ2v) is 4.84. The van der Waals surface area contributed by atoms with Gasteiger partial charge in [0, 0.05) is 0 Å². The van der Waals surface area contributed by atoms with Gasteiger partial charge in [-0.2, -0.15) is 15.4 Å². The van der Waals surface area contributed by atoms with Crippen LogP contribution in [-0.2, 0) is 11.3 Å². The van der Waals surface area contributed by atoms with E-state index in [1.165, 1.54) is 10.8 Å². The zero-order valence-electron chi connectivity index (χ0n) is 9.84. The fourth-order valence-corrected chi connectivity index (χ4v) is 2.24. The molecule has 2 aromatic heterocycles. The van der Waals surface area contributed by atoms with Crippen molar-refractivity contribution < 1.29 is 9.90 Å². The van der Waals surface area contributed by atoms with E-state index in [0.29, 0.717) is 32.6 Å². The first-order chi connectivity index (χ1) is 9.56. The molecule has 0 radical (unpaired) electrons. The zero-order chi connectivity index (χ0) is 14.3. The highest BCUT2D eigenvalue weighted by atomic mass is 35.5. The molecule has 0 aliphatic heterocycles. The van der Waals surface area contributed by atoms with Gasteiger partial charge in [-0.15, -0.1) is 0 Å². The third-order valence-corrected chi connectivity index (χ3v) is 3.45. The van der Waals surface area contributed by atoms with E-state index in [4.69, 9.17) is 28.3 Å². The monoisotopic (exact) mass is 311 g/mol. The summed E-state index contributed by atoms with van der Waals surface area (Å²) in [6, 6.07) is 3.17. The Bertz CT molecular complexity index is 797. The van der Waals surface area contributed by atoms with Crippen molar-refractivity contribution in [2.24, 2.45) is 0 Å². The van der Waals surface area contributed by atoms with Crippen LogP contribution >= 0.6 is 23.2 Å². The summed E-state index contributed by atoms with van der Waals surface area (Å²) in [4.78, 5) is 15.4. The molecule has 1 aromatic carbocycles. The molecule has 2 heterocycles. The number of H-pyrrole nitrogens is 1. The highest BCUT2D eigenvalue weighted by Crippen LogP contribution is 2.30. The topological polar surface area (TPSA) is 96.7 Å². The molecule has 0 atom stereocenters. The number of rotatable bonds is 3. The Morgan fingerprint density at radius 3 is 2.75 bits per heavy atom. The molecule has 7 nitrogen and oxygen atoms in total. The summed E-state index contributed by atoms with van der Waals surface area (Å²) < 4.78 is 1.50. The van der Waals surface area contributed by atoms with Crippen molar-refractivity contribution in [1.82, 2.24) is 25.0 Å². The number of carboxylic acids is 1. The first kappa shape index (κ1) is 12.9. The molecule has 0 aliphatic carbocycles. The van der Waals surface area contributed by atoms with Crippen LogP contribution in [0, 0.1) is 0 Å². The van der Waals surface area contributed by atoms with E-state index in [0.717, 1.165) is 0 Å². The maximum atomic E-state index is 11.0. The Morgan fingerprint density at radius 2 is 2.10 bits per heavy atom. The van der Waals surface area contributed by atoms with Crippen LogP contribution in [0.25, 0.3) is 22.6 Å². The van der Waals surface area contributed by atoms with Crippen molar-refractivity contribution in [2.75, 3.05) is 0 Å². The summed E-state index contributed by atoms with van der Waals surface area (Å²) in [6.07, 6.45) is 1.46. The molecule has 9 heteroatoms. The minimum absolute atomic E-state index is 0.267. The predicted octanol–water partition coefficient (Wildman–Crippen LogP) is 2.21. The highest BCUT2D eigenvalue weighted by molar-refractivity contribution is 6.42. The Labute approximate surface area is 122 Å². The van der Waals surface area contributed by atoms with Crippen LogP contribution in [-0.4, -0.2) is 36.0 Å². The van der Waals surface area contributed by atoms with Crippen molar-refractivity contribution in [2.45, 2.75) is 6.54 Å². The number of hydrogen-bond donors (Lipinski definition) is 2. The van der Waals surface area contributed by atoms with E-state index in [1.54, 1.807) is 12.1 Å². The number of aromatic nitrogens is 5. The van der Waals surface area contributed by atoms with Gasteiger partial charge in [0.1, 0.15) is 12.2 Å². The number of halogens is 2. The minimum Gasteiger partial charge on any atom is -0.480 e. The minimum atomic E-state index is -1.000. The lowest BCUT2D eigenvalue weighted by Gasteiger charge is -2.04. The number of hydrogen-bond acceptors (Lipinski definition) is 4. The van der Waals surface area contributed by atoms with Gasteiger partial charge in [-0.3, -0.25) is 4.79 Å². The van der Waals surface area contributed by atoms with E-state index in [2.05, 4.69) is 20.4 Å². The Kier molecular flexibility index (Phi) is 3.07. The first-order valence-electron chi connectivity index (χ1n) is 5.49. The first-order valence-corrected chi connectivity index (χ1v) is 6.25. The maximum absolute atomic E-state index is 11.0. The standard InChI is InChI=1S/C11H7Cl2N5O2/c12-5-1-7-9(2-6(5)13)18(4-10(19)20)11(15-7)8-3-14-17-16-8/h1-3H,4H2,(H,19,20)(H,14,16,17). The van der Waals surface area contributed by atoms with Gasteiger partial charge in [0.05, 0.1) is 27.3 Å². The lowest BCUT2D eigenvalue weighted by molar-refractivity contribution is -0.137. The Morgan fingerprint density at radius 1 is 1.35 bits per heavy atom. The zero-order valence-corrected chi connectivity index (χ0v) is 11.4. The summed E-state index contributed by atoms with van der Waals surface area (Å²) in [5.41, 5.74) is 1.55. The normalized spacial score (nSPS) is 11.1. The van der Waals surface area contributed by atoms with Gasteiger partial charge in [-0.05, 0) is 12.1 Å². The van der Waals surface area contributed by atoms with Crippen molar-refractivity contribution >= 4 is 40.2 Å². The molecule has 0 amide bonds. The van der Waals surface area contributed by atoms with Crippen molar-refractivity contribution in [3.05, 3.63) is 28.4 Å². The van der Waals surface area contributed by atoms with Gasteiger partial charge in [0.25, 0.3) is 0 Å². The van der Waals surface area contributed by atoms with Crippen molar-refractivity contribution in [3.8, 4) is 11.5 Å². The SMILES string of the molecule is O=C(O)Cn1c(-c2cn[nH]n2)nc2cc(Cl)c(Cl)cc21. The van der Waals surface area contributed by atoms with Gasteiger partial charge < -0.3 is 9.67 Å². The molecule has 0 unspecified atom stereocenters. The van der Waals surface area contributed by atoms with Crippen LogP contribution < -0.4 is 0 Å². The van der Waals surface area contributed by atoms with Crippen molar-refractivity contribution in [3.63, 3.8) is 0 Å². The number of imidazole rings is 1. The van der Waals surface area contributed by atoms with Crippen LogP contribution in [0.3, 0.4) is 0 Å². The van der Waals surface area contributed by atoms with Gasteiger partial charge in [0.15, 0.2) is 5.82 Å². The van der Waals surface area contributed by atoms with E-state index < -0.39 is 5.97 Å². The maximum Gasteiger partial charge on any atom is 0.323 e. The smallest absolute Gasteiger partial charge is 0.323 e. The molecule has 2 N–H and O–H groups in total. The Balaban J connectivity index is 2.30. The summed E-state index contributed by atoms with van der Waals surface area (Å²) in [6.45, 7) is -0.267. The second kappa shape index (κ2) is 4.77. The van der Waals surface area contributed by atoms with Crippen molar-refractivity contribution in [1.29, 1.82) is 0 Å². The fraction of sp³-hybridized carbons (Fsp3) is 0.0909. The fourth-order valence-electron chi connectivity index (χ4n) is 1.92. The number of nitrogens with zero attached hydrogens (tertiary/aromatic N) is 4. The van der Waals surface area contributed by atoms with Crippen LogP contribution in [0.1, 0.15) is 0 Å². The predicted molar refractivity (Wildman–Crippen MR) is 72.8 cm³/mol. The van der Waals surface area contributed by atoms with E-state index in [-0.39, 0.29) is 6.54 Å². The average molecular weight is 312 g/mol. The van der Waals surface area contributed by atoms with Gasteiger partial charge in [0.2, 0.25) is 0 Å². The van der Waals surface area contributed by atoms with Crippen LogP contribution in [0.4, 0.5) is 0 Å². The number of benzene rings is 1. The molecular formula is C11H7Cl2N5O2. The molecule has 0 bridgehead atoms. The summed E-state index contributed by atoms with van der Waals surface area (Å²) in [5, 5.41) is 19.8. The number of aliphatic carboxylic acids is 1. The number of aromatic amines is 1. The summed E-state index contributed by atoms with van der Waals surface area (Å²) >= 11 is 11.9.